The molecule has 1 N–H and O–H groups in total. The molecular weight excluding hydrogens is 426 g/mol. The van der Waals surface area contributed by atoms with E-state index in [1.807, 2.05) is 22.6 Å². The molecule has 1 aromatic heterocycles. The Hall–Kier alpha value is -1.75. The van der Waals surface area contributed by atoms with Gasteiger partial charge in [0.05, 0.1) is 23.8 Å². The second-order valence-electron chi connectivity index (χ2n) is 4.10. The first-order valence-corrected chi connectivity index (χ1v) is 8.42. The number of hydrogen-bond donors (Lipinski definition) is 1. The monoisotopic (exact) mass is 436 g/mol. The first-order chi connectivity index (χ1) is 10.3. The number of carbonyl (C=O) groups is 1. The third kappa shape index (κ3) is 3.71. The van der Waals surface area contributed by atoms with E-state index in [2.05, 4.69) is 14.4 Å². The van der Waals surface area contributed by atoms with Gasteiger partial charge in [-0.1, -0.05) is 0 Å². The maximum atomic E-state index is 12.8. The van der Waals surface area contributed by atoms with Crippen molar-refractivity contribution >= 4 is 44.4 Å². The molecule has 6 nitrogen and oxygen atoms in total. The van der Waals surface area contributed by atoms with Crippen molar-refractivity contribution in [3.05, 3.63) is 51.5 Å². The number of halogens is 2. The van der Waals surface area contributed by atoms with Crippen LogP contribution in [0.1, 0.15) is 10.4 Å². The summed E-state index contributed by atoms with van der Waals surface area (Å²) in [5, 5.41) is 0. The lowest BCUT2D eigenvalue weighted by Crippen LogP contribution is -2.15. The number of hydrogen-bond acceptors (Lipinski definition) is 5. The van der Waals surface area contributed by atoms with Crippen molar-refractivity contribution in [1.29, 1.82) is 0 Å². The minimum absolute atomic E-state index is 0.0282. The lowest BCUT2D eigenvalue weighted by Gasteiger charge is -2.09. The number of rotatable bonds is 4. The van der Waals surface area contributed by atoms with Gasteiger partial charge in [0.2, 0.25) is 0 Å². The predicted molar refractivity (Wildman–Crippen MR) is 85.5 cm³/mol. The topological polar surface area (TPSA) is 85.4 Å². The number of benzene rings is 1. The zero-order chi connectivity index (χ0) is 16.3. The molecule has 1 aromatic carbocycles. The maximum Gasteiger partial charge on any atom is 0.338 e. The molecular formula is C13H10FIN2O4S. The first kappa shape index (κ1) is 16.6. The highest BCUT2D eigenvalue weighted by Gasteiger charge is 2.19. The molecule has 0 aliphatic heterocycles. The summed E-state index contributed by atoms with van der Waals surface area (Å²) >= 11 is 1.90. The van der Waals surface area contributed by atoms with Crippen LogP contribution in [-0.2, 0) is 14.8 Å². The Morgan fingerprint density at radius 1 is 1.32 bits per heavy atom. The van der Waals surface area contributed by atoms with Gasteiger partial charge < -0.3 is 4.74 Å². The first-order valence-electron chi connectivity index (χ1n) is 5.86. The molecule has 0 unspecified atom stereocenters. The summed E-state index contributed by atoms with van der Waals surface area (Å²) < 4.78 is 44.7. The van der Waals surface area contributed by atoms with Crippen LogP contribution in [0.3, 0.4) is 0 Å². The molecule has 0 atom stereocenters. The smallest absolute Gasteiger partial charge is 0.338 e. The van der Waals surface area contributed by atoms with E-state index in [1.165, 1.54) is 31.4 Å². The number of nitrogens with one attached hydrogen (secondary N) is 1. The Morgan fingerprint density at radius 2 is 2.05 bits per heavy atom. The molecule has 0 aliphatic carbocycles. The fraction of sp³-hybridized carbons (Fsp3) is 0.0769. The molecule has 0 fully saturated rings. The summed E-state index contributed by atoms with van der Waals surface area (Å²) in [5.74, 6) is -1.24. The van der Waals surface area contributed by atoms with Crippen molar-refractivity contribution in [2.45, 2.75) is 4.90 Å². The Balaban J connectivity index is 2.37. The van der Waals surface area contributed by atoms with Crippen LogP contribution < -0.4 is 4.72 Å². The molecule has 22 heavy (non-hydrogen) atoms. The van der Waals surface area contributed by atoms with E-state index >= 15 is 0 Å². The van der Waals surface area contributed by atoms with Gasteiger partial charge in [-0.05, 0) is 52.9 Å². The average molecular weight is 436 g/mol. The van der Waals surface area contributed by atoms with E-state index in [0.717, 1.165) is 12.3 Å². The minimum Gasteiger partial charge on any atom is -0.465 e. The molecule has 0 bridgehead atoms. The summed E-state index contributed by atoms with van der Waals surface area (Å²) in [6.45, 7) is 0. The molecule has 0 saturated heterocycles. The molecule has 116 valence electrons. The van der Waals surface area contributed by atoms with Crippen LogP contribution in [0.5, 0.6) is 0 Å². The summed E-state index contributed by atoms with van der Waals surface area (Å²) in [7, 11) is -2.74. The number of methoxy groups -OCH3 is 1. The number of nitrogens with zero attached hydrogens (tertiary/aromatic N) is 1. The van der Waals surface area contributed by atoms with E-state index in [9.17, 15) is 17.6 Å². The van der Waals surface area contributed by atoms with Crippen molar-refractivity contribution in [3.8, 4) is 0 Å². The van der Waals surface area contributed by atoms with Gasteiger partial charge in [-0.25, -0.2) is 22.6 Å². The quantitative estimate of drug-likeness (QED) is 0.588. The van der Waals surface area contributed by atoms with Crippen LogP contribution >= 0.6 is 22.6 Å². The third-order valence-electron chi connectivity index (χ3n) is 2.62. The van der Waals surface area contributed by atoms with Gasteiger partial charge in [-0.3, -0.25) is 4.72 Å². The molecule has 0 aliphatic rings. The predicted octanol–water partition coefficient (Wildman–Crippen LogP) is 2.41. The number of pyridine rings is 1. The van der Waals surface area contributed by atoms with Crippen LogP contribution in [0, 0.1) is 9.39 Å². The Kier molecular flexibility index (Phi) is 4.96. The molecule has 2 rings (SSSR count). The van der Waals surface area contributed by atoms with Crippen LogP contribution in [-0.4, -0.2) is 26.5 Å². The zero-order valence-corrected chi connectivity index (χ0v) is 14.2. The van der Waals surface area contributed by atoms with Crippen molar-refractivity contribution in [2.24, 2.45) is 0 Å². The number of carbonyl (C=O) groups excluding carboxylic acids is 1. The van der Waals surface area contributed by atoms with E-state index < -0.39 is 21.8 Å². The van der Waals surface area contributed by atoms with Gasteiger partial charge in [-0.15, -0.1) is 0 Å². The fourth-order valence-electron chi connectivity index (χ4n) is 1.57. The summed E-state index contributed by atoms with van der Waals surface area (Å²) in [6.07, 6.45) is 0.895. The number of esters is 1. The number of ether oxygens (including phenoxy) is 1. The molecule has 2 aromatic rings. The molecule has 0 radical (unpaired) electrons. The fourth-order valence-corrected chi connectivity index (χ4v) is 3.16. The normalized spacial score (nSPS) is 11.0. The Morgan fingerprint density at radius 3 is 2.64 bits per heavy atom. The standard InChI is InChI=1S/C13H10FIN2O4S/c1-21-13(18)10-6-9(3-4-11(10)15)22(19,20)17-12-5-2-8(14)7-16-12/h2-7H,1H3,(H,16,17). The lowest BCUT2D eigenvalue weighted by atomic mass is 10.2. The van der Waals surface area contributed by atoms with Crippen LogP contribution in [0.2, 0.25) is 0 Å². The highest BCUT2D eigenvalue weighted by atomic mass is 127. The molecule has 0 saturated carbocycles. The second-order valence-corrected chi connectivity index (χ2v) is 6.94. The number of sulfonamides is 1. The van der Waals surface area contributed by atoms with Crippen LogP contribution in [0.25, 0.3) is 0 Å². The number of anilines is 1. The van der Waals surface area contributed by atoms with Gasteiger partial charge in [0.1, 0.15) is 11.6 Å². The Labute approximate surface area is 139 Å². The van der Waals surface area contributed by atoms with E-state index in [1.54, 1.807) is 0 Å². The highest BCUT2D eigenvalue weighted by molar-refractivity contribution is 14.1. The maximum absolute atomic E-state index is 12.8. The largest absolute Gasteiger partial charge is 0.465 e. The molecule has 0 amide bonds. The van der Waals surface area contributed by atoms with Crippen LogP contribution in [0.15, 0.2) is 41.4 Å². The lowest BCUT2D eigenvalue weighted by molar-refractivity contribution is 0.0599. The van der Waals surface area contributed by atoms with E-state index in [0.29, 0.717) is 3.57 Å². The Bertz CT molecular complexity index is 809. The van der Waals surface area contributed by atoms with Crippen molar-refractivity contribution in [1.82, 2.24) is 4.98 Å². The SMILES string of the molecule is COC(=O)c1cc(S(=O)(=O)Nc2ccc(F)cn2)ccc1I. The summed E-state index contributed by atoms with van der Waals surface area (Å²) in [4.78, 5) is 15.1. The summed E-state index contributed by atoms with van der Waals surface area (Å²) in [6, 6.07) is 6.32. The minimum atomic E-state index is -3.95. The van der Waals surface area contributed by atoms with Gasteiger partial charge in [0.25, 0.3) is 10.0 Å². The van der Waals surface area contributed by atoms with Gasteiger partial charge in [0.15, 0.2) is 0 Å². The number of aromatic nitrogens is 1. The van der Waals surface area contributed by atoms with E-state index in [-0.39, 0.29) is 16.3 Å². The van der Waals surface area contributed by atoms with Crippen molar-refractivity contribution in [3.63, 3.8) is 0 Å². The molecule has 0 spiro atoms. The highest BCUT2D eigenvalue weighted by Crippen LogP contribution is 2.20. The average Bonchev–Trinajstić information content (AvgIpc) is 2.49. The van der Waals surface area contributed by atoms with Crippen molar-refractivity contribution in [2.75, 3.05) is 11.8 Å². The molecule has 1 heterocycles. The second kappa shape index (κ2) is 6.57. The van der Waals surface area contributed by atoms with Gasteiger partial charge in [-0.2, -0.15) is 0 Å². The molecule has 9 heteroatoms. The van der Waals surface area contributed by atoms with Gasteiger partial charge in [0, 0.05) is 3.57 Å². The summed E-state index contributed by atoms with van der Waals surface area (Å²) in [5.41, 5.74) is 0.137. The van der Waals surface area contributed by atoms with Crippen molar-refractivity contribution < 1.29 is 22.3 Å². The zero-order valence-electron chi connectivity index (χ0n) is 11.2. The van der Waals surface area contributed by atoms with Gasteiger partial charge >= 0.3 is 5.97 Å². The van der Waals surface area contributed by atoms with E-state index in [4.69, 9.17) is 0 Å². The third-order valence-corrected chi connectivity index (χ3v) is 4.91. The van der Waals surface area contributed by atoms with Crippen LogP contribution in [0.4, 0.5) is 10.2 Å².